The van der Waals surface area contributed by atoms with E-state index in [4.69, 9.17) is 4.74 Å². The number of rotatable bonds is 10. The van der Waals surface area contributed by atoms with Crippen LogP contribution in [0.4, 0.5) is 0 Å². The number of nitrogens with one attached hydrogen (secondary N) is 1. The molecule has 0 aliphatic carbocycles. The Bertz CT molecular complexity index is 321. The molecule has 1 unspecified atom stereocenters. The summed E-state index contributed by atoms with van der Waals surface area (Å²) in [5.74, 6) is 0.931. The number of ether oxygens (including phenoxy) is 1. The Morgan fingerprint density at radius 1 is 1.11 bits per heavy atom. The van der Waals surface area contributed by atoms with Crippen molar-refractivity contribution in [2.75, 3.05) is 13.7 Å². The fourth-order valence-corrected chi connectivity index (χ4v) is 2.23. The van der Waals surface area contributed by atoms with Crippen LogP contribution in [-0.4, -0.2) is 19.7 Å². The molecule has 1 rings (SSSR count). The van der Waals surface area contributed by atoms with E-state index in [1.165, 1.54) is 37.7 Å². The zero-order valence-corrected chi connectivity index (χ0v) is 12.7. The second-order valence-corrected chi connectivity index (χ2v) is 5.30. The summed E-state index contributed by atoms with van der Waals surface area (Å²) in [5, 5.41) is 3.61. The third kappa shape index (κ3) is 7.22. The van der Waals surface area contributed by atoms with Gasteiger partial charge in [0.2, 0.25) is 0 Å². The highest BCUT2D eigenvalue weighted by Gasteiger charge is 2.01. The van der Waals surface area contributed by atoms with E-state index in [1.807, 2.05) is 12.1 Å². The first kappa shape index (κ1) is 16.0. The lowest BCUT2D eigenvalue weighted by atomic mass is 10.1. The molecule has 0 aliphatic rings. The number of methoxy groups -OCH3 is 1. The molecule has 1 N–H and O–H groups in total. The molecule has 1 atom stereocenters. The van der Waals surface area contributed by atoms with Crippen LogP contribution in [0.1, 0.15) is 51.5 Å². The molecule has 0 amide bonds. The number of hydrogen-bond donors (Lipinski definition) is 1. The lowest BCUT2D eigenvalue weighted by Crippen LogP contribution is -2.27. The van der Waals surface area contributed by atoms with Crippen LogP contribution in [0, 0.1) is 0 Å². The van der Waals surface area contributed by atoms with Crippen LogP contribution in [-0.2, 0) is 6.42 Å². The van der Waals surface area contributed by atoms with Gasteiger partial charge in [-0.15, -0.1) is 0 Å². The maximum Gasteiger partial charge on any atom is 0.118 e. The number of hydrogen-bond acceptors (Lipinski definition) is 2. The molecule has 0 aliphatic heterocycles. The van der Waals surface area contributed by atoms with Crippen molar-refractivity contribution in [2.45, 2.75) is 58.4 Å². The minimum Gasteiger partial charge on any atom is -0.497 e. The van der Waals surface area contributed by atoms with Crippen LogP contribution in [0.25, 0.3) is 0 Å². The minimum atomic E-state index is 0.634. The summed E-state index contributed by atoms with van der Waals surface area (Å²) in [6.45, 7) is 5.61. The van der Waals surface area contributed by atoms with Crippen molar-refractivity contribution in [1.29, 1.82) is 0 Å². The molecule has 2 heteroatoms. The van der Waals surface area contributed by atoms with Crippen molar-refractivity contribution in [3.05, 3.63) is 29.8 Å². The Hall–Kier alpha value is -1.02. The lowest BCUT2D eigenvalue weighted by Gasteiger charge is -2.13. The van der Waals surface area contributed by atoms with Crippen LogP contribution in [0.2, 0.25) is 0 Å². The van der Waals surface area contributed by atoms with E-state index < -0.39 is 0 Å². The highest BCUT2D eigenvalue weighted by molar-refractivity contribution is 5.27. The van der Waals surface area contributed by atoms with E-state index in [0.29, 0.717) is 6.04 Å². The fourth-order valence-electron chi connectivity index (χ4n) is 2.23. The van der Waals surface area contributed by atoms with Crippen molar-refractivity contribution >= 4 is 0 Å². The average Bonchev–Trinajstić information content (AvgIpc) is 2.44. The SMILES string of the molecule is CCCCCCC(C)NCCc1ccc(OC)cc1. The van der Waals surface area contributed by atoms with Gasteiger partial charge in [-0.1, -0.05) is 44.7 Å². The molecule has 0 heterocycles. The Labute approximate surface area is 118 Å². The summed E-state index contributed by atoms with van der Waals surface area (Å²) in [6.07, 6.45) is 7.80. The summed E-state index contributed by atoms with van der Waals surface area (Å²) in [6, 6.07) is 8.99. The molecule has 0 spiro atoms. The predicted octanol–water partition coefficient (Wildman–Crippen LogP) is 4.19. The molecule has 19 heavy (non-hydrogen) atoms. The van der Waals surface area contributed by atoms with Gasteiger partial charge in [0.25, 0.3) is 0 Å². The van der Waals surface area contributed by atoms with E-state index in [0.717, 1.165) is 18.7 Å². The van der Waals surface area contributed by atoms with Crippen molar-refractivity contribution in [1.82, 2.24) is 5.32 Å². The zero-order chi connectivity index (χ0) is 13.9. The fraction of sp³-hybridized carbons (Fsp3) is 0.647. The van der Waals surface area contributed by atoms with Gasteiger partial charge in [-0.05, 0) is 44.0 Å². The first-order chi connectivity index (χ1) is 9.26. The first-order valence-corrected chi connectivity index (χ1v) is 7.62. The highest BCUT2D eigenvalue weighted by atomic mass is 16.5. The van der Waals surface area contributed by atoms with Crippen molar-refractivity contribution in [3.63, 3.8) is 0 Å². The van der Waals surface area contributed by atoms with Crippen LogP contribution in [0.15, 0.2) is 24.3 Å². The van der Waals surface area contributed by atoms with Crippen LogP contribution in [0.3, 0.4) is 0 Å². The van der Waals surface area contributed by atoms with E-state index in [-0.39, 0.29) is 0 Å². The molecular weight excluding hydrogens is 234 g/mol. The molecule has 0 bridgehead atoms. The topological polar surface area (TPSA) is 21.3 Å². The molecule has 0 saturated carbocycles. The normalized spacial score (nSPS) is 12.4. The molecule has 0 radical (unpaired) electrons. The number of unbranched alkanes of at least 4 members (excludes halogenated alkanes) is 3. The number of benzene rings is 1. The largest absolute Gasteiger partial charge is 0.497 e. The molecule has 1 aromatic rings. The van der Waals surface area contributed by atoms with Gasteiger partial charge in [-0.3, -0.25) is 0 Å². The van der Waals surface area contributed by atoms with E-state index in [9.17, 15) is 0 Å². The van der Waals surface area contributed by atoms with E-state index in [2.05, 4.69) is 31.3 Å². The van der Waals surface area contributed by atoms with Gasteiger partial charge >= 0.3 is 0 Å². The van der Waals surface area contributed by atoms with E-state index in [1.54, 1.807) is 7.11 Å². The highest BCUT2D eigenvalue weighted by Crippen LogP contribution is 2.11. The zero-order valence-electron chi connectivity index (χ0n) is 12.7. The van der Waals surface area contributed by atoms with Crippen molar-refractivity contribution in [3.8, 4) is 5.75 Å². The molecule has 108 valence electrons. The maximum atomic E-state index is 5.16. The monoisotopic (exact) mass is 263 g/mol. The summed E-state index contributed by atoms with van der Waals surface area (Å²) >= 11 is 0. The van der Waals surface area contributed by atoms with E-state index >= 15 is 0 Å². The van der Waals surface area contributed by atoms with Gasteiger partial charge in [0.15, 0.2) is 0 Å². The average molecular weight is 263 g/mol. The second-order valence-electron chi connectivity index (χ2n) is 5.30. The summed E-state index contributed by atoms with van der Waals surface area (Å²) in [5.41, 5.74) is 1.37. The quantitative estimate of drug-likeness (QED) is 0.639. The third-order valence-electron chi connectivity index (χ3n) is 3.56. The Morgan fingerprint density at radius 3 is 2.47 bits per heavy atom. The molecule has 0 aromatic heterocycles. The van der Waals surface area contributed by atoms with Crippen molar-refractivity contribution in [2.24, 2.45) is 0 Å². The summed E-state index contributed by atoms with van der Waals surface area (Å²) < 4.78 is 5.16. The Balaban J connectivity index is 2.11. The Morgan fingerprint density at radius 2 is 1.84 bits per heavy atom. The molecule has 0 saturated heterocycles. The van der Waals surface area contributed by atoms with Crippen LogP contribution in [0.5, 0.6) is 5.75 Å². The molecule has 0 fully saturated rings. The summed E-state index contributed by atoms with van der Waals surface area (Å²) in [7, 11) is 1.71. The van der Waals surface area contributed by atoms with Gasteiger partial charge in [0.1, 0.15) is 5.75 Å². The third-order valence-corrected chi connectivity index (χ3v) is 3.56. The smallest absolute Gasteiger partial charge is 0.118 e. The minimum absolute atomic E-state index is 0.634. The second kappa shape index (κ2) is 9.85. The first-order valence-electron chi connectivity index (χ1n) is 7.62. The molecule has 1 aromatic carbocycles. The van der Waals surface area contributed by atoms with Crippen molar-refractivity contribution < 1.29 is 4.74 Å². The van der Waals surface area contributed by atoms with Gasteiger partial charge in [-0.2, -0.15) is 0 Å². The van der Waals surface area contributed by atoms with Crippen LogP contribution >= 0.6 is 0 Å². The van der Waals surface area contributed by atoms with Gasteiger partial charge in [0.05, 0.1) is 7.11 Å². The van der Waals surface area contributed by atoms with Gasteiger partial charge < -0.3 is 10.1 Å². The van der Waals surface area contributed by atoms with Gasteiger partial charge in [-0.25, -0.2) is 0 Å². The lowest BCUT2D eigenvalue weighted by molar-refractivity contribution is 0.414. The van der Waals surface area contributed by atoms with Crippen LogP contribution < -0.4 is 10.1 Å². The molecule has 2 nitrogen and oxygen atoms in total. The van der Waals surface area contributed by atoms with Gasteiger partial charge in [0, 0.05) is 6.04 Å². The predicted molar refractivity (Wildman–Crippen MR) is 82.9 cm³/mol. The maximum absolute atomic E-state index is 5.16. The summed E-state index contributed by atoms with van der Waals surface area (Å²) in [4.78, 5) is 0. The molecular formula is C17H29NO. The standard InChI is InChI=1S/C17H29NO/c1-4-5-6-7-8-15(2)18-14-13-16-9-11-17(19-3)12-10-16/h9-12,15,18H,4-8,13-14H2,1-3H3. The Kier molecular flexibility index (Phi) is 8.31.